The fraction of sp³-hybridized carbons (Fsp3) is 0.907. The van der Waals surface area contributed by atoms with E-state index in [0.717, 1.165) is 37.7 Å². The van der Waals surface area contributed by atoms with Gasteiger partial charge in [-0.1, -0.05) is 51.0 Å². The molecule has 0 aromatic heterocycles. The number of methoxy groups -OCH3 is 1. The van der Waals surface area contributed by atoms with Crippen molar-refractivity contribution >= 4 is 16.4 Å². The summed E-state index contributed by atoms with van der Waals surface area (Å²) in [6, 6.07) is 0. The summed E-state index contributed by atoms with van der Waals surface area (Å²) in [5.74, 6) is -0.537. The van der Waals surface area contributed by atoms with Gasteiger partial charge in [0.1, 0.15) is 96.5 Å². The van der Waals surface area contributed by atoms with Crippen molar-refractivity contribution in [3.05, 3.63) is 23.3 Å². The summed E-state index contributed by atoms with van der Waals surface area (Å²) in [6.45, 7) is 13.8. The molecule has 9 rings (SSSR count). The van der Waals surface area contributed by atoms with Crippen LogP contribution in [0.1, 0.15) is 107 Å². The Labute approximate surface area is 466 Å². The predicted molar refractivity (Wildman–Crippen MR) is 272 cm³/mol. The van der Waals surface area contributed by atoms with Gasteiger partial charge in [-0.25, -0.2) is 4.18 Å². The Balaban J connectivity index is 0.907. The lowest BCUT2D eigenvalue weighted by atomic mass is 9.40. The van der Waals surface area contributed by atoms with Gasteiger partial charge >= 0.3 is 16.4 Å². The second-order valence-electron chi connectivity index (χ2n) is 25.4. The van der Waals surface area contributed by atoms with E-state index in [1.54, 1.807) is 0 Å². The molecule has 0 bridgehead atoms. The van der Waals surface area contributed by atoms with Crippen LogP contribution in [0.3, 0.4) is 0 Å². The van der Waals surface area contributed by atoms with Gasteiger partial charge in [0.2, 0.25) is 0 Å². The molecule has 25 nitrogen and oxygen atoms in total. The SMILES string of the molecule is CO[C@@H]1[C@H](O)[C@H](O[C@@H]2C(O)[C@H](O[C@H]3[C@H](O)[C@@H](O)[C@H](OC4[C@H](O[C@H]5CC[C@]6(C)C7=C[C@@H](O)[C@@]89C(=O)OC(C)(CCC=C(C)C)[C@H]8CC[C@@]9(C)[C@@H]7CC[C@H]6C5(C)C)OC[C@@H](OS(=O)(=O)O)[C@@H]4O)O[C@@H]3C)O[C@@H](CO)[C@H]2O)O[C@@H](CO)[C@H]1O. The molecule has 3 saturated carbocycles. The standard InChI is InChI=1S/C54H86O25S/c1-23(2)11-10-16-53(8)31-14-18-52(7)25-12-13-30-50(4,5)33(15-17-51(30,6)26(25)19-32(57)54(31,52)49(65)78-53)74-48-44(36(60)29(22-70-48)79-80(66,67)68)77-45-38(62)37(61)41(24(3)71-45)75-47-40(64)43(35(59)28(21-56)73-47)76-46-39(63)42(69-9)34(58)27(20-55)72-46/h11,19,24-25,27-48,55-64H,10,12-18,20-22H2,1-9H3,(H,66,67,68)/t24-,25-,27+,28+,29-,30+,31-,32-,33+,34-,35-,36+,37-,38-,39+,40?,41-,42+,43+,44?,45+,46+,47+,48+,51-,52+,53?,54-/m1/s1. The Kier molecular flexibility index (Phi) is 18.0. The summed E-state index contributed by atoms with van der Waals surface area (Å²) in [5, 5.41) is 112. The lowest BCUT2D eigenvalue weighted by Gasteiger charge is -2.64. The maximum absolute atomic E-state index is 14.4. The fourth-order valence-electron chi connectivity index (χ4n) is 16.2. The summed E-state index contributed by atoms with van der Waals surface area (Å²) >= 11 is 0. The van der Waals surface area contributed by atoms with Gasteiger partial charge in [0, 0.05) is 13.0 Å². The number of fused-ring (bicyclic) bond motifs is 4. The molecular weight excluding hydrogens is 1080 g/mol. The van der Waals surface area contributed by atoms with Crippen LogP contribution in [-0.2, 0) is 66.7 Å². The quantitative estimate of drug-likeness (QED) is 0.0398. The molecule has 0 radical (unpaired) electrons. The highest BCUT2D eigenvalue weighted by Gasteiger charge is 2.79. The van der Waals surface area contributed by atoms with Crippen molar-refractivity contribution in [1.82, 2.24) is 0 Å². The van der Waals surface area contributed by atoms with Gasteiger partial charge in [-0.15, -0.1) is 0 Å². The summed E-state index contributed by atoms with van der Waals surface area (Å²) in [4.78, 5) is 14.4. The molecule has 9 aliphatic rings. The van der Waals surface area contributed by atoms with Gasteiger partial charge in [0.05, 0.1) is 38.1 Å². The van der Waals surface area contributed by atoms with Gasteiger partial charge in [0.25, 0.3) is 0 Å². The second kappa shape index (κ2) is 23.1. The highest BCUT2D eigenvalue weighted by atomic mass is 32.3. The Morgan fingerprint density at radius 2 is 1.30 bits per heavy atom. The van der Waals surface area contributed by atoms with Crippen molar-refractivity contribution in [2.45, 2.75) is 241 Å². The molecule has 0 aromatic carbocycles. The van der Waals surface area contributed by atoms with E-state index in [4.69, 9.17) is 51.6 Å². The average molecular weight is 1170 g/mol. The van der Waals surface area contributed by atoms with Crippen LogP contribution in [0.4, 0.5) is 0 Å². The van der Waals surface area contributed by atoms with E-state index in [9.17, 15) is 68.8 Å². The normalized spacial score (nSPS) is 51.0. The number of hydrogen-bond acceptors (Lipinski definition) is 24. The minimum absolute atomic E-state index is 0.00689. The molecule has 5 heterocycles. The number of carbonyl (C=O) groups excluding carboxylic acids is 1. The molecule has 11 N–H and O–H groups in total. The van der Waals surface area contributed by atoms with Crippen molar-refractivity contribution in [2.75, 3.05) is 26.9 Å². The van der Waals surface area contributed by atoms with E-state index in [-0.39, 0.29) is 23.7 Å². The van der Waals surface area contributed by atoms with E-state index in [2.05, 4.69) is 33.8 Å². The zero-order valence-electron chi connectivity index (χ0n) is 46.8. The summed E-state index contributed by atoms with van der Waals surface area (Å²) in [6.07, 6.45) is -24.1. The third kappa shape index (κ3) is 10.5. The molecule has 4 aliphatic carbocycles. The van der Waals surface area contributed by atoms with Crippen LogP contribution in [0, 0.1) is 39.4 Å². The van der Waals surface area contributed by atoms with Gasteiger partial charge in [-0.2, -0.15) is 8.42 Å². The number of cyclic esters (lactones) is 1. The number of carbonyl (C=O) groups is 1. The minimum atomic E-state index is -5.17. The molecule has 5 aliphatic heterocycles. The van der Waals surface area contributed by atoms with Gasteiger partial charge in [-0.3, -0.25) is 9.35 Å². The van der Waals surface area contributed by atoms with Crippen LogP contribution in [-0.4, -0.2) is 231 Å². The molecule has 0 aromatic rings. The highest BCUT2D eigenvalue weighted by Crippen LogP contribution is 2.76. The largest absolute Gasteiger partial charge is 0.458 e. The zero-order valence-corrected chi connectivity index (χ0v) is 47.6. The molecule has 80 heavy (non-hydrogen) atoms. The number of esters is 1. The third-order valence-corrected chi connectivity index (χ3v) is 20.8. The first-order chi connectivity index (χ1) is 37.4. The van der Waals surface area contributed by atoms with Crippen LogP contribution in [0.15, 0.2) is 23.3 Å². The van der Waals surface area contributed by atoms with Gasteiger partial charge in [-0.05, 0) is 107 Å². The minimum Gasteiger partial charge on any atom is -0.458 e. The molecule has 26 heteroatoms. The van der Waals surface area contributed by atoms with E-state index < -0.39 is 186 Å². The number of allylic oxidation sites excluding steroid dienone is 3. The van der Waals surface area contributed by atoms with Crippen molar-refractivity contribution < 1.29 is 120 Å². The van der Waals surface area contributed by atoms with Crippen LogP contribution in [0.5, 0.6) is 0 Å². The first-order valence-electron chi connectivity index (χ1n) is 28.1. The zero-order chi connectivity index (χ0) is 58.6. The first-order valence-corrected chi connectivity index (χ1v) is 29.4. The maximum Gasteiger partial charge on any atom is 0.397 e. The molecule has 28 atom stereocenters. The van der Waals surface area contributed by atoms with Crippen LogP contribution < -0.4 is 0 Å². The van der Waals surface area contributed by atoms with Crippen molar-refractivity contribution in [3.8, 4) is 0 Å². The van der Waals surface area contributed by atoms with Gasteiger partial charge in [0.15, 0.2) is 25.2 Å². The Morgan fingerprint density at radius 1 is 0.700 bits per heavy atom. The molecule has 5 saturated heterocycles. The van der Waals surface area contributed by atoms with Crippen LogP contribution in [0.25, 0.3) is 0 Å². The lowest BCUT2D eigenvalue weighted by Crippen LogP contribution is -2.67. The van der Waals surface area contributed by atoms with Crippen LogP contribution >= 0.6 is 0 Å². The topological polar surface area (TPSA) is 375 Å². The fourth-order valence-corrected chi connectivity index (χ4v) is 16.7. The van der Waals surface area contributed by atoms with E-state index in [0.29, 0.717) is 19.3 Å². The number of ether oxygens (including phenoxy) is 10. The van der Waals surface area contributed by atoms with Crippen LogP contribution in [0.2, 0.25) is 0 Å². The van der Waals surface area contributed by atoms with Crippen molar-refractivity contribution in [2.24, 2.45) is 39.4 Å². The summed E-state index contributed by atoms with van der Waals surface area (Å²) < 4.78 is 98.1. The molecule has 458 valence electrons. The average Bonchev–Trinajstić information content (AvgIpc) is 2.40. The Hall–Kier alpha value is -1.94. The second-order valence-corrected chi connectivity index (χ2v) is 26.5. The molecule has 8 fully saturated rings. The van der Waals surface area contributed by atoms with Crippen molar-refractivity contribution in [3.63, 3.8) is 0 Å². The summed E-state index contributed by atoms with van der Waals surface area (Å²) in [5.41, 5.74) is -1.18. The Bertz CT molecular complexity index is 2390. The summed E-state index contributed by atoms with van der Waals surface area (Å²) in [7, 11) is -3.99. The molecular formula is C54H86O25S. The number of aliphatic hydroxyl groups excluding tert-OH is 10. The monoisotopic (exact) mass is 1170 g/mol. The number of rotatable bonds is 16. The maximum atomic E-state index is 14.4. The van der Waals surface area contributed by atoms with E-state index in [1.165, 1.54) is 19.6 Å². The molecule has 3 unspecified atom stereocenters. The first kappa shape index (κ1) is 62.6. The lowest BCUT2D eigenvalue weighted by molar-refractivity contribution is -0.389. The smallest absolute Gasteiger partial charge is 0.397 e. The number of aliphatic hydroxyl groups is 10. The third-order valence-electron chi connectivity index (χ3n) is 20.3. The molecule has 0 amide bonds. The highest BCUT2D eigenvalue weighted by molar-refractivity contribution is 7.80. The van der Waals surface area contributed by atoms with Gasteiger partial charge < -0.3 is 98.4 Å². The van der Waals surface area contributed by atoms with E-state index >= 15 is 0 Å². The predicted octanol–water partition coefficient (Wildman–Crippen LogP) is -0.590. The number of hydrogen-bond donors (Lipinski definition) is 11. The Morgan fingerprint density at radius 3 is 1.91 bits per heavy atom. The van der Waals surface area contributed by atoms with E-state index in [1.807, 2.05) is 26.8 Å². The molecule has 1 spiro atoms. The van der Waals surface area contributed by atoms with Crippen molar-refractivity contribution in [1.29, 1.82) is 0 Å².